The molecule has 14 nitrogen and oxygen atoms in total. The Morgan fingerprint density at radius 1 is 0.548 bits per heavy atom. The van der Waals surface area contributed by atoms with Gasteiger partial charge in [0.05, 0.1) is 37.3 Å². The van der Waals surface area contributed by atoms with Crippen LogP contribution in [0.4, 0.5) is 9.59 Å². The number of H-pyrrole nitrogens is 2. The van der Waals surface area contributed by atoms with Crippen LogP contribution in [-0.2, 0) is 22.6 Å². The van der Waals surface area contributed by atoms with Crippen molar-refractivity contribution in [3.8, 4) is 23.3 Å². The summed E-state index contributed by atoms with van der Waals surface area (Å²) in [5.74, 6) is -0.339. The van der Waals surface area contributed by atoms with Crippen molar-refractivity contribution >= 4 is 70.5 Å². The minimum absolute atomic E-state index is 0. The summed E-state index contributed by atoms with van der Waals surface area (Å²) in [6, 6.07) is 29.0. The zero-order valence-corrected chi connectivity index (χ0v) is 36.2. The lowest BCUT2D eigenvalue weighted by Crippen LogP contribution is -2.31. The van der Waals surface area contributed by atoms with Crippen molar-refractivity contribution < 1.29 is 48.3 Å². The van der Waals surface area contributed by atoms with Gasteiger partial charge in [-0.1, -0.05) is 73.5 Å². The predicted molar refractivity (Wildman–Crippen MR) is 240 cm³/mol. The summed E-state index contributed by atoms with van der Waals surface area (Å²) >= 11 is 0. The molecular formula is C46H52Cl2N4O10. The van der Waals surface area contributed by atoms with Crippen LogP contribution < -0.4 is 9.47 Å². The number of carbonyl (C=O) groups excluding carboxylic acids is 4. The molecule has 0 atom stereocenters. The number of phenols is 2. The molecule has 2 aromatic heterocycles. The van der Waals surface area contributed by atoms with Crippen LogP contribution >= 0.6 is 24.8 Å². The highest BCUT2D eigenvalue weighted by atomic mass is 35.5. The van der Waals surface area contributed by atoms with Gasteiger partial charge in [0.15, 0.2) is 11.6 Å². The first-order valence-electron chi connectivity index (χ1n) is 20.1. The van der Waals surface area contributed by atoms with Crippen LogP contribution in [0.15, 0.2) is 97.1 Å². The molecule has 4 N–H and O–H groups in total. The van der Waals surface area contributed by atoms with Crippen molar-refractivity contribution in [1.29, 1.82) is 0 Å². The number of unbranched alkanes of at least 4 members (excludes halogenated alkanes) is 3. The third-order valence-corrected chi connectivity index (χ3v) is 9.94. The molecule has 0 aliphatic carbocycles. The number of halogens is 2. The minimum Gasteiger partial charge on any atom is -0.506 e. The molecule has 0 saturated carbocycles. The number of hydrogen-bond acceptors (Lipinski definition) is 12. The van der Waals surface area contributed by atoms with Crippen molar-refractivity contribution in [1.82, 2.24) is 19.8 Å². The third-order valence-electron chi connectivity index (χ3n) is 9.94. The Kier molecular flexibility index (Phi) is 18.7. The number of fused-ring (bicyclic) bond motifs is 2. The van der Waals surface area contributed by atoms with E-state index in [1.165, 1.54) is 24.3 Å². The van der Waals surface area contributed by atoms with Gasteiger partial charge in [-0.15, -0.1) is 24.8 Å². The summed E-state index contributed by atoms with van der Waals surface area (Å²) in [6.07, 6.45) is 1.67. The van der Waals surface area contributed by atoms with Gasteiger partial charge in [-0.3, -0.25) is 19.4 Å². The van der Waals surface area contributed by atoms with Gasteiger partial charge in [-0.25, -0.2) is 9.59 Å². The molecule has 0 unspecified atom stereocenters. The summed E-state index contributed by atoms with van der Waals surface area (Å²) in [6.45, 7) is 6.30. The van der Waals surface area contributed by atoms with Gasteiger partial charge >= 0.3 is 12.3 Å². The molecule has 0 fully saturated rings. The highest BCUT2D eigenvalue weighted by Gasteiger charge is 2.22. The Morgan fingerprint density at radius 3 is 1.31 bits per heavy atom. The molecule has 0 aliphatic heterocycles. The monoisotopic (exact) mass is 890 g/mol. The second kappa shape index (κ2) is 23.8. The fourth-order valence-electron chi connectivity index (χ4n) is 7.14. The molecule has 0 amide bonds. The van der Waals surface area contributed by atoms with Crippen LogP contribution in [0, 0.1) is 0 Å². The van der Waals surface area contributed by atoms with Crippen molar-refractivity contribution in [3.05, 3.63) is 119 Å². The van der Waals surface area contributed by atoms with Gasteiger partial charge in [0.1, 0.15) is 11.5 Å². The van der Waals surface area contributed by atoms with E-state index in [2.05, 4.69) is 19.8 Å². The number of benzene rings is 4. The van der Waals surface area contributed by atoms with Crippen molar-refractivity contribution in [2.75, 3.05) is 39.4 Å². The van der Waals surface area contributed by atoms with E-state index in [1.54, 1.807) is 26.0 Å². The van der Waals surface area contributed by atoms with E-state index in [0.29, 0.717) is 48.1 Å². The largest absolute Gasteiger partial charge is 0.515 e. The fraction of sp³-hybridized carbons (Fsp3) is 0.304. The highest BCUT2D eigenvalue weighted by Crippen LogP contribution is 2.33. The number of aromatic nitrogens is 2. The molecule has 16 heteroatoms. The van der Waals surface area contributed by atoms with Gasteiger partial charge in [-0.2, -0.15) is 0 Å². The highest BCUT2D eigenvalue weighted by molar-refractivity contribution is 6.11. The van der Waals surface area contributed by atoms with Gasteiger partial charge in [0, 0.05) is 47.1 Å². The quantitative estimate of drug-likeness (QED) is 0.0305. The van der Waals surface area contributed by atoms with E-state index < -0.39 is 12.3 Å². The summed E-state index contributed by atoms with van der Waals surface area (Å²) in [4.78, 5) is 61.6. The van der Waals surface area contributed by atoms with E-state index in [1.807, 2.05) is 60.7 Å². The molecule has 0 aliphatic rings. The average molecular weight is 892 g/mol. The zero-order valence-electron chi connectivity index (χ0n) is 34.6. The summed E-state index contributed by atoms with van der Waals surface area (Å²) in [7, 11) is 0. The van der Waals surface area contributed by atoms with E-state index in [9.17, 15) is 29.4 Å². The molecule has 6 aromatic rings. The van der Waals surface area contributed by atoms with Crippen LogP contribution in [0.2, 0.25) is 0 Å². The Balaban J connectivity index is 0.00000422. The topological polar surface area (TPSA) is 184 Å². The predicted octanol–water partition coefficient (Wildman–Crippen LogP) is 9.60. The Morgan fingerprint density at radius 2 is 0.935 bits per heavy atom. The molecular weight excluding hydrogens is 839 g/mol. The van der Waals surface area contributed by atoms with Crippen molar-refractivity contribution in [2.24, 2.45) is 0 Å². The second-order valence-electron chi connectivity index (χ2n) is 14.3. The third kappa shape index (κ3) is 13.2. The Bertz CT molecular complexity index is 2240. The van der Waals surface area contributed by atoms with Crippen LogP contribution in [0.5, 0.6) is 23.3 Å². The summed E-state index contributed by atoms with van der Waals surface area (Å²) in [5, 5.41) is 21.9. The van der Waals surface area contributed by atoms with Gasteiger partial charge in [0.2, 0.25) is 11.8 Å². The first-order chi connectivity index (χ1) is 29.1. The number of aromatic amines is 2. The first-order valence-corrected chi connectivity index (χ1v) is 20.1. The number of hydrogen-bond donors (Lipinski definition) is 4. The minimum atomic E-state index is -0.894. The molecule has 0 spiro atoms. The maximum atomic E-state index is 13.9. The lowest BCUT2D eigenvalue weighted by Gasteiger charge is -2.23. The SMILES string of the molecule is CCOC(=O)Oc1cc2c(C(=O)CN(CCCCCCN(CC(=O)c3ccc(O)c4[nH]c(OC(=O)OCC)cc34)Cc3ccccc3)Cc3ccccc3)ccc(O)c2[nH]1.Cl.Cl. The normalized spacial score (nSPS) is 11.0. The number of carbonyl (C=O) groups is 4. The Labute approximate surface area is 371 Å². The van der Waals surface area contributed by atoms with Gasteiger partial charge in [-0.05, 0) is 75.2 Å². The van der Waals surface area contributed by atoms with Crippen LogP contribution in [0.3, 0.4) is 0 Å². The Hall–Kier alpha value is -6.06. The number of rotatable bonds is 21. The van der Waals surface area contributed by atoms with Crippen LogP contribution in [-0.4, -0.2) is 93.3 Å². The van der Waals surface area contributed by atoms with E-state index in [0.717, 1.165) is 36.8 Å². The first kappa shape index (κ1) is 48.6. The van der Waals surface area contributed by atoms with Crippen molar-refractivity contribution in [2.45, 2.75) is 52.6 Å². The number of aromatic hydroxyl groups is 2. The molecule has 4 aromatic carbocycles. The van der Waals surface area contributed by atoms with E-state index >= 15 is 0 Å². The number of phenolic OH excluding ortho intramolecular Hbond substituents is 2. The van der Waals surface area contributed by atoms with Gasteiger partial charge in [0.25, 0.3) is 0 Å². The lowest BCUT2D eigenvalue weighted by atomic mass is 10.0. The summed E-state index contributed by atoms with van der Waals surface area (Å²) in [5.41, 5.74) is 3.49. The molecule has 62 heavy (non-hydrogen) atoms. The zero-order chi connectivity index (χ0) is 42.4. The molecule has 330 valence electrons. The molecule has 0 radical (unpaired) electrons. The lowest BCUT2D eigenvalue weighted by molar-refractivity contribution is 0.0914. The van der Waals surface area contributed by atoms with Crippen LogP contribution in [0.25, 0.3) is 21.8 Å². The standard InChI is InChI=1S/C46H50N4O10.2ClH/c1-3-57-45(55)59-41-25-35-33(19-21-37(51)43(35)47-41)39(53)29-49(27-31-15-9-7-10-16-31)23-13-5-6-14-24-50(28-32-17-11-8-12-18-32)30-40(54)34-20-22-38(52)44-36(34)26-42(48-44)60-46(56)58-4-2;;/h7-12,15-22,25-26,47-48,51-52H,3-6,13-14,23-24,27-30H2,1-2H3;2*1H. The fourth-order valence-corrected chi connectivity index (χ4v) is 7.14. The molecule has 6 rings (SSSR count). The number of ether oxygens (including phenoxy) is 4. The van der Waals surface area contributed by atoms with Crippen molar-refractivity contribution in [3.63, 3.8) is 0 Å². The van der Waals surface area contributed by atoms with E-state index in [4.69, 9.17) is 18.9 Å². The number of nitrogens with one attached hydrogen (secondary N) is 2. The number of ketones is 2. The van der Waals surface area contributed by atoms with Crippen LogP contribution in [0.1, 0.15) is 71.4 Å². The smallest absolute Gasteiger partial charge is 0.506 e. The molecule has 0 bridgehead atoms. The molecule has 0 saturated heterocycles. The summed E-state index contributed by atoms with van der Waals surface area (Å²) < 4.78 is 20.1. The van der Waals surface area contributed by atoms with E-state index in [-0.39, 0.29) is 97.0 Å². The average Bonchev–Trinajstić information content (AvgIpc) is 3.85. The number of Topliss-reactive ketones (excluding diaryl/α,β-unsaturated/α-hetero) is 2. The second-order valence-corrected chi connectivity index (χ2v) is 14.3. The molecule has 2 heterocycles. The number of nitrogens with zero attached hydrogens (tertiary/aromatic N) is 2. The maximum Gasteiger partial charge on any atom is 0.515 e. The van der Waals surface area contributed by atoms with Gasteiger partial charge < -0.3 is 39.1 Å². The maximum absolute atomic E-state index is 13.9.